The zero-order valence-corrected chi connectivity index (χ0v) is 17.4. The minimum Gasteiger partial charge on any atom is -0.381 e. The van der Waals surface area contributed by atoms with E-state index in [4.69, 9.17) is 4.74 Å². The van der Waals surface area contributed by atoms with E-state index < -0.39 is 0 Å². The monoisotopic (exact) mass is 388 g/mol. The molecule has 1 aromatic carbocycles. The van der Waals surface area contributed by atoms with E-state index in [1.54, 1.807) is 11.3 Å². The molecule has 2 N–H and O–H groups in total. The zero-order chi connectivity index (χ0) is 19.2. The lowest BCUT2D eigenvalue weighted by Gasteiger charge is -2.10. The van der Waals surface area contributed by atoms with Crippen molar-refractivity contribution in [2.45, 2.75) is 39.5 Å². The number of hydrogen-bond acceptors (Lipinski definition) is 4. The van der Waals surface area contributed by atoms with Crippen LogP contribution < -0.4 is 10.6 Å². The van der Waals surface area contributed by atoms with Gasteiger partial charge in [0.15, 0.2) is 5.96 Å². The molecule has 0 aliphatic rings. The van der Waals surface area contributed by atoms with Gasteiger partial charge in [-0.1, -0.05) is 30.3 Å². The molecule has 0 atom stereocenters. The summed E-state index contributed by atoms with van der Waals surface area (Å²) in [7, 11) is 0. The number of unbranched alkanes of at least 4 members (excludes halogenated alkanes) is 1. The van der Waals surface area contributed by atoms with E-state index in [2.05, 4.69) is 57.2 Å². The Morgan fingerprint density at radius 3 is 2.70 bits per heavy atom. The number of aryl methyl sites for hydroxylation is 1. The first kappa shape index (κ1) is 21.4. The molecule has 1 aromatic heterocycles. The van der Waals surface area contributed by atoms with E-state index in [-0.39, 0.29) is 0 Å². The van der Waals surface area contributed by atoms with Crippen LogP contribution in [0.15, 0.2) is 40.7 Å². The number of nitrogens with zero attached hydrogens (tertiary/aromatic N) is 2. The summed E-state index contributed by atoms with van der Waals surface area (Å²) >= 11 is 1.70. The molecule has 0 spiro atoms. The maximum absolute atomic E-state index is 5.72. The van der Waals surface area contributed by atoms with Gasteiger partial charge < -0.3 is 15.4 Å². The quantitative estimate of drug-likeness (QED) is 0.331. The number of aliphatic imine (C=N–C) groups is 1. The fourth-order valence-electron chi connectivity index (χ4n) is 2.62. The average Bonchev–Trinajstić information content (AvgIpc) is 3.09. The van der Waals surface area contributed by atoms with Crippen LogP contribution in [-0.2, 0) is 17.6 Å². The standard InChI is InChI=1S/C21H32N4OS/c1-3-22-21(24-14-11-20-17-27-18(2)25-20)23-13-7-8-15-26-16-12-19-9-5-4-6-10-19/h4-6,9-10,17H,3,7-8,11-16H2,1-2H3,(H2,22,23,24). The van der Waals surface area contributed by atoms with Gasteiger partial charge in [0.2, 0.25) is 0 Å². The maximum Gasteiger partial charge on any atom is 0.191 e. The molecule has 27 heavy (non-hydrogen) atoms. The highest BCUT2D eigenvalue weighted by Gasteiger charge is 2.00. The molecule has 0 bridgehead atoms. The SMILES string of the molecule is CCNC(=NCCCCOCCc1ccccc1)NCCc1csc(C)n1. The summed E-state index contributed by atoms with van der Waals surface area (Å²) in [4.78, 5) is 9.12. The van der Waals surface area contributed by atoms with Crippen LogP contribution in [0.3, 0.4) is 0 Å². The zero-order valence-electron chi connectivity index (χ0n) is 16.5. The summed E-state index contributed by atoms with van der Waals surface area (Å²) in [6.45, 7) is 8.23. The third kappa shape index (κ3) is 9.54. The van der Waals surface area contributed by atoms with Crippen LogP contribution in [-0.4, -0.2) is 43.8 Å². The highest BCUT2D eigenvalue weighted by atomic mass is 32.1. The molecular formula is C21H32N4OS. The number of rotatable bonds is 12. The van der Waals surface area contributed by atoms with Crippen molar-refractivity contribution in [2.24, 2.45) is 4.99 Å². The number of benzene rings is 1. The molecule has 0 fully saturated rings. The number of nitrogens with one attached hydrogen (secondary N) is 2. The van der Waals surface area contributed by atoms with Gasteiger partial charge in [-0.25, -0.2) is 4.98 Å². The molecule has 0 aliphatic heterocycles. The van der Waals surface area contributed by atoms with Crippen molar-refractivity contribution in [1.29, 1.82) is 0 Å². The molecule has 0 saturated heterocycles. The van der Waals surface area contributed by atoms with Crippen LogP contribution in [0.2, 0.25) is 0 Å². The largest absolute Gasteiger partial charge is 0.381 e. The fourth-order valence-corrected chi connectivity index (χ4v) is 3.26. The molecular weight excluding hydrogens is 356 g/mol. The topological polar surface area (TPSA) is 58.5 Å². The molecule has 148 valence electrons. The van der Waals surface area contributed by atoms with Crippen LogP contribution in [0.5, 0.6) is 0 Å². The van der Waals surface area contributed by atoms with Gasteiger partial charge in [-0.3, -0.25) is 4.99 Å². The van der Waals surface area contributed by atoms with Crippen LogP contribution >= 0.6 is 11.3 Å². The van der Waals surface area contributed by atoms with Gasteiger partial charge in [0.25, 0.3) is 0 Å². The molecule has 5 nitrogen and oxygen atoms in total. The minimum absolute atomic E-state index is 0.785. The van der Waals surface area contributed by atoms with Crippen molar-refractivity contribution in [3.05, 3.63) is 52.0 Å². The third-order valence-corrected chi connectivity index (χ3v) is 4.85. The second kappa shape index (κ2) is 13.3. The Balaban J connectivity index is 1.53. The van der Waals surface area contributed by atoms with Crippen LogP contribution in [0.25, 0.3) is 0 Å². The summed E-state index contributed by atoms with van der Waals surface area (Å²) in [5.41, 5.74) is 2.48. The summed E-state index contributed by atoms with van der Waals surface area (Å²) < 4.78 is 5.72. The number of guanidine groups is 1. The Morgan fingerprint density at radius 1 is 1.11 bits per heavy atom. The smallest absolute Gasteiger partial charge is 0.191 e. The Morgan fingerprint density at radius 2 is 1.96 bits per heavy atom. The first-order valence-corrected chi connectivity index (χ1v) is 10.7. The first-order valence-electron chi connectivity index (χ1n) is 9.82. The fraction of sp³-hybridized carbons (Fsp3) is 0.524. The highest BCUT2D eigenvalue weighted by Crippen LogP contribution is 2.07. The van der Waals surface area contributed by atoms with E-state index >= 15 is 0 Å². The number of aromatic nitrogens is 1. The lowest BCUT2D eigenvalue weighted by Crippen LogP contribution is -2.38. The van der Waals surface area contributed by atoms with E-state index in [9.17, 15) is 0 Å². The molecule has 2 aromatic rings. The van der Waals surface area contributed by atoms with Gasteiger partial charge in [-0.15, -0.1) is 11.3 Å². The normalized spacial score (nSPS) is 11.6. The van der Waals surface area contributed by atoms with Gasteiger partial charge in [0.05, 0.1) is 17.3 Å². The van der Waals surface area contributed by atoms with Gasteiger partial charge in [0, 0.05) is 38.0 Å². The molecule has 2 rings (SSSR count). The summed E-state index contributed by atoms with van der Waals surface area (Å²) in [6.07, 6.45) is 3.97. The van der Waals surface area contributed by atoms with Crippen molar-refractivity contribution in [3.8, 4) is 0 Å². The summed E-state index contributed by atoms with van der Waals surface area (Å²) in [6, 6.07) is 10.5. The number of thiazole rings is 1. The van der Waals surface area contributed by atoms with Gasteiger partial charge >= 0.3 is 0 Å². The predicted octanol–water partition coefficient (Wildman–Crippen LogP) is 3.59. The lowest BCUT2D eigenvalue weighted by molar-refractivity contribution is 0.134. The third-order valence-electron chi connectivity index (χ3n) is 4.03. The van der Waals surface area contributed by atoms with Crippen molar-refractivity contribution in [1.82, 2.24) is 15.6 Å². The molecule has 0 radical (unpaired) electrons. The Hall–Kier alpha value is -1.92. The summed E-state index contributed by atoms with van der Waals surface area (Å²) in [5.74, 6) is 0.884. The molecule has 0 aliphatic carbocycles. The van der Waals surface area contributed by atoms with Crippen molar-refractivity contribution in [3.63, 3.8) is 0 Å². The van der Waals surface area contributed by atoms with Crippen LogP contribution in [0.4, 0.5) is 0 Å². The molecule has 0 amide bonds. The van der Waals surface area contributed by atoms with Crippen LogP contribution in [0, 0.1) is 6.92 Å². The van der Waals surface area contributed by atoms with E-state index in [0.29, 0.717) is 0 Å². The number of hydrogen-bond donors (Lipinski definition) is 2. The molecule has 1 heterocycles. The lowest BCUT2D eigenvalue weighted by atomic mass is 10.2. The molecule has 6 heteroatoms. The first-order chi connectivity index (χ1) is 13.3. The highest BCUT2D eigenvalue weighted by molar-refractivity contribution is 7.09. The van der Waals surface area contributed by atoms with E-state index in [0.717, 1.165) is 75.2 Å². The van der Waals surface area contributed by atoms with Crippen LogP contribution in [0.1, 0.15) is 36.0 Å². The van der Waals surface area contributed by atoms with E-state index in [1.165, 1.54) is 5.56 Å². The summed E-state index contributed by atoms with van der Waals surface area (Å²) in [5, 5.41) is 9.92. The van der Waals surface area contributed by atoms with Crippen molar-refractivity contribution < 1.29 is 4.74 Å². The van der Waals surface area contributed by atoms with Crippen molar-refractivity contribution in [2.75, 3.05) is 32.8 Å². The Bertz CT molecular complexity index is 657. The number of ether oxygens (including phenoxy) is 1. The average molecular weight is 389 g/mol. The Kier molecular flexibility index (Phi) is 10.5. The molecule has 0 unspecified atom stereocenters. The van der Waals surface area contributed by atoms with Gasteiger partial charge in [0.1, 0.15) is 0 Å². The van der Waals surface area contributed by atoms with Crippen molar-refractivity contribution >= 4 is 17.3 Å². The predicted molar refractivity (Wildman–Crippen MR) is 115 cm³/mol. The minimum atomic E-state index is 0.785. The Labute approximate surface area is 167 Å². The second-order valence-corrected chi connectivity index (χ2v) is 7.41. The van der Waals surface area contributed by atoms with Gasteiger partial charge in [-0.2, -0.15) is 0 Å². The van der Waals surface area contributed by atoms with Gasteiger partial charge in [-0.05, 0) is 38.7 Å². The van der Waals surface area contributed by atoms with E-state index in [1.807, 2.05) is 13.0 Å². The maximum atomic E-state index is 5.72. The second-order valence-electron chi connectivity index (χ2n) is 6.35. The molecule has 0 saturated carbocycles.